The second kappa shape index (κ2) is 7.85. The van der Waals surface area contributed by atoms with Gasteiger partial charge in [0.05, 0.1) is 5.60 Å². The maximum atomic E-state index is 12.0. The van der Waals surface area contributed by atoms with E-state index in [0.717, 1.165) is 17.5 Å². The Morgan fingerprint density at radius 1 is 0.962 bits per heavy atom. The highest BCUT2D eigenvalue weighted by Gasteiger charge is 2.35. The molecule has 2 amide bonds. The number of hydrogen-bond acceptors (Lipinski definition) is 3. The van der Waals surface area contributed by atoms with Gasteiger partial charge in [0, 0.05) is 23.4 Å². The van der Waals surface area contributed by atoms with Crippen molar-refractivity contribution in [3.05, 3.63) is 65.7 Å². The summed E-state index contributed by atoms with van der Waals surface area (Å²) in [4.78, 5) is 23.9. The number of anilines is 1. The highest BCUT2D eigenvalue weighted by Crippen LogP contribution is 2.30. The van der Waals surface area contributed by atoms with Crippen LogP contribution in [0.5, 0.6) is 0 Å². The predicted octanol–water partition coefficient (Wildman–Crippen LogP) is 2.06. The molecule has 0 radical (unpaired) electrons. The lowest BCUT2D eigenvalue weighted by molar-refractivity contribution is -0.137. The number of benzene rings is 2. The van der Waals surface area contributed by atoms with E-state index in [2.05, 4.69) is 22.5 Å². The van der Waals surface area contributed by atoms with Crippen LogP contribution in [-0.4, -0.2) is 29.1 Å². The number of aliphatic hydroxyl groups is 1. The Balaban J connectivity index is 1.58. The molecule has 0 unspecified atom stereocenters. The fourth-order valence-electron chi connectivity index (χ4n) is 2.62. The molecule has 5 heteroatoms. The quantitative estimate of drug-likeness (QED) is 0.587. The lowest BCUT2D eigenvalue weighted by Gasteiger charge is -2.36. The van der Waals surface area contributed by atoms with E-state index in [-0.39, 0.29) is 6.54 Å². The van der Waals surface area contributed by atoms with Crippen LogP contribution in [0.25, 0.3) is 0 Å². The number of carbonyl (C=O) groups excluding carboxylic acids is 2. The Kier molecular flexibility index (Phi) is 5.35. The monoisotopic (exact) mass is 348 g/mol. The number of rotatable bonds is 3. The van der Waals surface area contributed by atoms with Gasteiger partial charge in [0.15, 0.2) is 0 Å². The molecule has 1 aliphatic rings. The van der Waals surface area contributed by atoms with Gasteiger partial charge in [-0.15, -0.1) is 0 Å². The molecule has 3 rings (SSSR count). The van der Waals surface area contributed by atoms with E-state index in [1.807, 2.05) is 36.4 Å². The molecule has 0 spiro atoms. The van der Waals surface area contributed by atoms with Gasteiger partial charge in [-0.1, -0.05) is 36.1 Å². The fraction of sp³-hybridized carbons (Fsp3) is 0.238. The molecule has 1 saturated carbocycles. The average molecular weight is 348 g/mol. The van der Waals surface area contributed by atoms with Crippen LogP contribution in [0.3, 0.4) is 0 Å². The molecule has 0 aliphatic heterocycles. The van der Waals surface area contributed by atoms with E-state index >= 15 is 0 Å². The summed E-state index contributed by atoms with van der Waals surface area (Å²) < 4.78 is 0. The van der Waals surface area contributed by atoms with Crippen molar-refractivity contribution in [3.63, 3.8) is 0 Å². The van der Waals surface area contributed by atoms with Gasteiger partial charge in [0.2, 0.25) is 0 Å². The van der Waals surface area contributed by atoms with E-state index < -0.39 is 17.4 Å². The van der Waals surface area contributed by atoms with E-state index in [1.165, 1.54) is 0 Å². The zero-order valence-electron chi connectivity index (χ0n) is 14.3. The minimum absolute atomic E-state index is 0.0991. The van der Waals surface area contributed by atoms with Crippen molar-refractivity contribution in [2.24, 2.45) is 0 Å². The van der Waals surface area contributed by atoms with Crippen molar-refractivity contribution >= 4 is 17.5 Å². The summed E-state index contributed by atoms with van der Waals surface area (Å²) in [5.41, 5.74) is 1.27. The molecule has 0 aromatic heterocycles. The van der Waals surface area contributed by atoms with Crippen molar-refractivity contribution in [2.75, 3.05) is 11.9 Å². The molecule has 0 atom stereocenters. The number of nitrogens with one attached hydrogen (secondary N) is 2. The zero-order valence-corrected chi connectivity index (χ0v) is 14.3. The van der Waals surface area contributed by atoms with Crippen molar-refractivity contribution in [1.82, 2.24) is 5.32 Å². The second-order valence-corrected chi connectivity index (χ2v) is 6.41. The standard InChI is InChI=1S/C21H20N2O3/c24-19(22-15-21(26)12-5-13-21)20(25)23-18-9-4-8-17(14-18)11-10-16-6-2-1-3-7-16/h1-4,6-9,14,26H,5,12-13,15H2,(H,22,24)(H,23,25). The van der Waals surface area contributed by atoms with Crippen LogP contribution in [-0.2, 0) is 9.59 Å². The molecule has 3 N–H and O–H groups in total. The van der Waals surface area contributed by atoms with Gasteiger partial charge in [0.25, 0.3) is 0 Å². The molecule has 132 valence electrons. The molecule has 1 aliphatic carbocycles. The predicted molar refractivity (Wildman–Crippen MR) is 99.3 cm³/mol. The topological polar surface area (TPSA) is 78.4 Å². The lowest BCUT2D eigenvalue weighted by Crippen LogP contribution is -2.49. The SMILES string of the molecule is O=C(NCC1(O)CCC1)C(=O)Nc1cccc(C#Cc2ccccc2)c1. The van der Waals surface area contributed by atoms with Gasteiger partial charge in [-0.25, -0.2) is 0 Å². The summed E-state index contributed by atoms with van der Waals surface area (Å²) in [7, 11) is 0. The molecule has 0 bridgehead atoms. The summed E-state index contributed by atoms with van der Waals surface area (Å²) in [5.74, 6) is 4.55. The molecule has 0 heterocycles. The highest BCUT2D eigenvalue weighted by atomic mass is 16.3. The van der Waals surface area contributed by atoms with Crippen LogP contribution < -0.4 is 10.6 Å². The fourth-order valence-corrected chi connectivity index (χ4v) is 2.62. The van der Waals surface area contributed by atoms with Crippen molar-refractivity contribution < 1.29 is 14.7 Å². The first-order valence-corrected chi connectivity index (χ1v) is 8.53. The van der Waals surface area contributed by atoms with Crippen molar-refractivity contribution in [1.29, 1.82) is 0 Å². The van der Waals surface area contributed by atoms with E-state index in [9.17, 15) is 14.7 Å². The molecular formula is C21H20N2O3. The molecule has 26 heavy (non-hydrogen) atoms. The minimum Gasteiger partial charge on any atom is -0.388 e. The third kappa shape index (κ3) is 4.71. The molecule has 0 saturated heterocycles. The summed E-state index contributed by atoms with van der Waals surface area (Å²) in [5, 5.41) is 15.0. The number of carbonyl (C=O) groups is 2. The van der Waals surface area contributed by atoms with Crippen LogP contribution in [0.4, 0.5) is 5.69 Å². The maximum absolute atomic E-state index is 12.0. The molecule has 5 nitrogen and oxygen atoms in total. The third-order valence-corrected chi connectivity index (χ3v) is 4.31. The van der Waals surface area contributed by atoms with Crippen molar-refractivity contribution in [3.8, 4) is 11.8 Å². The van der Waals surface area contributed by atoms with Gasteiger partial charge in [-0.3, -0.25) is 9.59 Å². The van der Waals surface area contributed by atoms with Crippen LogP contribution in [0.15, 0.2) is 54.6 Å². The van der Waals surface area contributed by atoms with E-state index in [0.29, 0.717) is 18.5 Å². The first kappa shape index (κ1) is 17.7. The Hall–Kier alpha value is -3.10. The summed E-state index contributed by atoms with van der Waals surface area (Å²) >= 11 is 0. The summed E-state index contributed by atoms with van der Waals surface area (Å²) in [6.07, 6.45) is 2.24. The van der Waals surface area contributed by atoms with E-state index in [1.54, 1.807) is 18.2 Å². The van der Waals surface area contributed by atoms with Crippen LogP contribution >= 0.6 is 0 Å². The first-order valence-electron chi connectivity index (χ1n) is 8.53. The Morgan fingerprint density at radius 3 is 2.35 bits per heavy atom. The van der Waals surface area contributed by atoms with Gasteiger partial charge in [-0.05, 0) is 49.6 Å². The van der Waals surface area contributed by atoms with Crippen molar-refractivity contribution in [2.45, 2.75) is 24.9 Å². The van der Waals surface area contributed by atoms with Crippen LogP contribution in [0.2, 0.25) is 0 Å². The number of hydrogen-bond donors (Lipinski definition) is 3. The first-order chi connectivity index (χ1) is 12.5. The van der Waals surface area contributed by atoms with Gasteiger partial charge < -0.3 is 15.7 Å². The number of amides is 2. The second-order valence-electron chi connectivity index (χ2n) is 6.41. The summed E-state index contributed by atoms with van der Waals surface area (Å²) in [6.45, 7) is 0.0991. The molecule has 2 aromatic rings. The van der Waals surface area contributed by atoms with Gasteiger partial charge in [0.1, 0.15) is 0 Å². The van der Waals surface area contributed by atoms with E-state index in [4.69, 9.17) is 0 Å². The smallest absolute Gasteiger partial charge is 0.313 e. The Bertz CT molecular complexity index is 862. The average Bonchev–Trinajstić information content (AvgIpc) is 2.64. The maximum Gasteiger partial charge on any atom is 0.313 e. The highest BCUT2D eigenvalue weighted by molar-refractivity contribution is 6.39. The summed E-state index contributed by atoms with van der Waals surface area (Å²) in [6, 6.07) is 16.6. The zero-order chi connectivity index (χ0) is 18.4. The third-order valence-electron chi connectivity index (χ3n) is 4.31. The van der Waals surface area contributed by atoms with Crippen LogP contribution in [0.1, 0.15) is 30.4 Å². The molecular weight excluding hydrogens is 328 g/mol. The van der Waals surface area contributed by atoms with Gasteiger partial charge in [-0.2, -0.15) is 0 Å². The van der Waals surface area contributed by atoms with Crippen LogP contribution in [0, 0.1) is 11.8 Å². The molecule has 2 aromatic carbocycles. The Labute approximate surface area is 152 Å². The van der Waals surface area contributed by atoms with Gasteiger partial charge >= 0.3 is 11.8 Å². The minimum atomic E-state index is -0.858. The Morgan fingerprint density at radius 2 is 1.65 bits per heavy atom. The lowest BCUT2D eigenvalue weighted by atomic mass is 9.80. The normalized spacial score (nSPS) is 14.3. The largest absolute Gasteiger partial charge is 0.388 e. The molecule has 1 fully saturated rings.